The molecule has 0 saturated carbocycles. The molecule has 2 heterocycles. The van der Waals surface area contributed by atoms with Crippen LogP contribution in [0.2, 0.25) is 0 Å². The molecule has 204 valence electrons. The molecule has 1 aliphatic heterocycles. The van der Waals surface area contributed by atoms with Crippen molar-refractivity contribution in [2.75, 3.05) is 18.0 Å². The Balaban J connectivity index is 0.000000773. The molecule has 1 aromatic heterocycles. The van der Waals surface area contributed by atoms with E-state index < -0.39 is 18.1 Å². The van der Waals surface area contributed by atoms with Gasteiger partial charge in [-0.25, -0.2) is 4.79 Å². The first-order chi connectivity index (χ1) is 18.4. The van der Waals surface area contributed by atoms with Gasteiger partial charge in [-0.05, 0) is 67.5 Å². The molecule has 1 aliphatic carbocycles. The molecule has 38 heavy (non-hydrogen) atoms. The summed E-state index contributed by atoms with van der Waals surface area (Å²) in [6.07, 6.45) is 8.14. The number of carbonyl (C=O) groups excluding carboxylic acids is 4. The normalized spacial score (nSPS) is 17.9. The Kier molecular flexibility index (Phi) is 12.2. The highest BCUT2D eigenvalue weighted by Gasteiger charge is 2.35. The van der Waals surface area contributed by atoms with Crippen LogP contribution in [0.5, 0.6) is 0 Å². The number of anilines is 1. The highest BCUT2D eigenvalue weighted by molar-refractivity contribution is 6.16. The van der Waals surface area contributed by atoms with Crippen LogP contribution < -0.4 is 10.2 Å². The topological polar surface area (TPSA) is 106 Å². The molecule has 2 atom stereocenters. The van der Waals surface area contributed by atoms with Crippen LogP contribution in [-0.2, 0) is 22.4 Å². The van der Waals surface area contributed by atoms with Crippen molar-refractivity contribution in [1.29, 1.82) is 0 Å². The van der Waals surface area contributed by atoms with Crippen LogP contribution in [0.1, 0.15) is 72.1 Å². The smallest absolute Gasteiger partial charge is 0.414 e. The minimum absolute atomic E-state index is 0.190. The quantitative estimate of drug-likeness (QED) is 0.149. The number of ether oxygens (including phenoxy) is 1. The maximum Gasteiger partial charge on any atom is 0.414 e. The lowest BCUT2D eigenvalue weighted by Gasteiger charge is -2.16. The summed E-state index contributed by atoms with van der Waals surface area (Å²) in [6, 6.07) is 6.84. The number of rotatable bonds is 9. The number of furan rings is 1. The summed E-state index contributed by atoms with van der Waals surface area (Å²) in [4.78, 5) is 50.4. The second-order valence-electron chi connectivity index (χ2n) is 8.67. The van der Waals surface area contributed by atoms with Gasteiger partial charge in [-0.2, -0.15) is 0 Å². The van der Waals surface area contributed by atoms with Gasteiger partial charge in [0.15, 0.2) is 11.5 Å². The summed E-state index contributed by atoms with van der Waals surface area (Å²) in [5.74, 6) is -1.14. The van der Waals surface area contributed by atoms with Gasteiger partial charge in [0.2, 0.25) is 12.2 Å². The van der Waals surface area contributed by atoms with Gasteiger partial charge in [-0.3, -0.25) is 19.3 Å². The van der Waals surface area contributed by atoms with Gasteiger partial charge in [0.25, 0.3) is 0 Å². The number of ketones is 2. The van der Waals surface area contributed by atoms with E-state index in [1.165, 1.54) is 11.2 Å². The number of Topliss-reactive ketones (excluding diaryl/α,β-unsaturated/α-hetero) is 2. The molecule has 2 aromatic rings. The first kappa shape index (κ1) is 30.3. The number of cyclic esters (lactones) is 1. The molecule has 4 rings (SSSR count). The lowest BCUT2D eigenvalue weighted by Crippen LogP contribution is -2.30. The van der Waals surface area contributed by atoms with Crippen molar-refractivity contribution in [3.63, 3.8) is 0 Å². The maximum atomic E-state index is 13.2. The van der Waals surface area contributed by atoms with Gasteiger partial charge >= 0.3 is 6.09 Å². The van der Waals surface area contributed by atoms with Crippen LogP contribution in [0, 0.1) is 5.92 Å². The van der Waals surface area contributed by atoms with Crippen molar-refractivity contribution in [2.45, 2.75) is 59.0 Å². The van der Waals surface area contributed by atoms with E-state index in [2.05, 4.69) is 25.4 Å². The lowest BCUT2D eigenvalue weighted by molar-refractivity contribution is -0.109. The van der Waals surface area contributed by atoms with E-state index in [-0.39, 0.29) is 23.9 Å². The predicted octanol–water partition coefficient (Wildman–Crippen LogP) is 5.71. The predicted molar refractivity (Wildman–Crippen MR) is 148 cm³/mol. The SMILES string of the molecule is C=CCC.C=CCc1coc(C(=O)C2CCCc3cc(N4CC(CNC=O)OC4=O)ccc3C2=O)c1.CC. The number of hydrogen-bond acceptors (Lipinski definition) is 6. The van der Waals surface area contributed by atoms with E-state index in [1.54, 1.807) is 24.3 Å². The van der Waals surface area contributed by atoms with Gasteiger partial charge in [-0.1, -0.05) is 32.9 Å². The van der Waals surface area contributed by atoms with Crippen molar-refractivity contribution in [3.05, 3.63) is 78.3 Å². The number of fused-ring (bicyclic) bond motifs is 1. The molecule has 1 aromatic carbocycles. The van der Waals surface area contributed by atoms with Crippen molar-refractivity contribution >= 4 is 29.8 Å². The summed E-state index contributed by atoms with van der Waals surface area (Å²) in [5, 5.41) is 2.51. The van der Waals surface area contributed by atoms with Gasteiger partial charge < -0.3 is 14.5 Å². The molecule has 2 unspecified atom stereocenters. The van der Waals surface area contributed by atoms with E-state index >= 15 is 0 Å². The Bertz CT molecular complexity index is 1140. The average Bonchev–Trinajstić information content (AvgIpc) is 3.52. The summed E-state index contributed by atoms with van der Waals surface area (Å²) in [6.45, 7) is 13.8. The van der Waals surface area contributed by atoms with E-state index in [9.17, 15) is 19.2 Å². The summed E-state index contributed by atoms with van der Waals surface area (Å²) in [7, 11) is 0. The third-order valence-electron chi connectivity index (χ3n) is 6.11. The minimum atomic E-state index is -0.791. The number of aryl methyl sites for hydroxylation is 1. The Morgan fingerprint density at radius 3 is 2.58 bits per heavy atom. The van der Waals surface area contributed by atoms with Gasteiger partial charge in [-0.15, -0.1) is 13.2 Å². The highest BCUT2D eigenvalue weighted by Crippen LogP contribution is 2.31. The highest BCUT2D eigenvalue weighted by atomic mass is 16.6. The summed E-state index contributed by atoms with van der Waals surface area (Å²) in [5.41, 5.74) is 2.76. The zero-order chi connectivity index (χ0) is 28.1. The van der Waals surface area contributed by atoms with Crippen molar-refractivity contribution < 1.29 is 28.3 Å². The van der Waals surface area contributed by atoms with Gasteiger partial charge in [0.05, 0.1) is 25.3 Å². The minimum Gasteiger partial charge on any atom is -0.461 e. The fourth-order valence-electron chi connectivity index (χ4n) is 4.23. The van der Waals surface area contributed by atoms with Crippen molar-refractivity contribution in [1.82, 2.24) is 5.32 Å². The fraction of sp³-hybridized carbons (Fsp3) is 0.400. The number of nitrogens with one attached hydrogen (secondary N) is 1. The molecule has 0 radical (unpaired) electrons. The molecule has 8 heteroatoms. The summed E-state index contributed by atoms with van der Waals surface area (Å²) >= 11 is 0. The van der Waals surface area contributed by atoms with Gasteiger partial charge in [0, 0.05) is 11.3 Å². The second-order valence-corrected chi connectivity index (χ2v) is 8.67. The van der Waals surface area contributed by atoms with E-state index in [0.29, 0.717) is 49.9 Å². The van der Waals surface area contributed by atoms with Crippen LogP contribution in [0.25, 0.3) is 0 Å². The van der Waals surface area contributed by atoms with Crippen LogP contribution in [0.3, 0.4) is 0 Å². The summed E-state index contributed by atoms with van der Waals surface area (Å²) < 4.78 is 10.7. The first-order valence-electron chi connectivity index (χ1n) is 13.1. The maximum absolute atomic E-state index is 13.2. The standard InChI is InChI=1S/C24H24N2O6.C4H8.C2H6/c1-2-4-15-9-21(31-13-15)23(29)20-6-3-5-16-10-17(7-8-19(16)22(20)28)26-12-18(11-25-14-27)32-24(26)30;1-3-4-2;1-2/h2,7-10,13-14,18,20H,1,3-6,11-12H2,(H,25,27);3H,1,4H2,2H3;1-2H3. The number of allylic oxidation sites excluding steroid dienone is 2. The molecule has 1 saturated heterocycles. The molecule has 0 bridgehead atoms. The molecule has 0 spiro atoms. The Morgan fingerprint density at radius 1 is 1.18 bits per heavy atom. The molecular formula is C30H38N2O6. The van der Waals surface area contributed by atoms with Crippen LogP contribution in [0.15, 0.2) is 60.3 Å². The Labute approximate surface area is 224 Å². The Morgan fingerprint density at radius 2 is 1.92 bits per heavy atom. The number of carbonyl (C=O) groups is 4. The van der Waals surface area contributed by atoms with Crippen LogP contribution in [0.4, 0.5) is 10.5 Å². The largest absolute Gasteiger partial charge is 0.461 e. The lowest BCUT2D eigenvalue weighted by atomic mass is 9.90. The fourth-order valence-corrected chi connectivity index (χ4v) is 4.23. The molecule has 2 amide bonds. The Hall–Kier alpha value is -3.94. The second kappa shape index (κ2) is 15.3. The molecule has 1 fully saturated rings. The third kappa shape index (κ3) is 7.54. The van der Waals surface area contributed by atoms with Gasteiger partial charge in [0.1, 0.15) is 6.10 Å². The van der Waals surface area contributed by atoms with Crippen LogP contribution in [-0.4, -0.2) is 43.3 Å². The molecule has 8 nitrogen and oxygen atoms in total. The molecular weight excluding hydrogens is 484 g/mol. The first-order valence-corrected chi connectivity index (χ1v) is 13.1. The van der Waals surface area contributed by atoms with Crippen LogP contribution >= 0.6 is 0 Å². The number of hydrogen-bond donors (Lipinski definition) is 1. The monoisotopic (exact) mass is 522 g/mol. The average molecular weight is 523 g/mol. The number of benzene rings is 1. The van der Waals surface area contributed by atoms with Crippen molar-refractivity contribution in [2.24, 2.45) is 5.92 Å². The van der Waals surface area contributed by atoms with Crippen molar-refractivity contribution in [3.8, 4) is 0 Å². The third-order valence-corrected chi connectivity index (χ3v) is 6.11. The number of nitrogens with zero attached hydrogens (tertiary/aromatic N) is 1. The molecule has 1 N–H and O–H groups in total. The van der Waals surface area contributed by atoms with E-state index in [4.69, 9.17) is 9.15 Å². The zero-order valence-electron chi connectivity index (χ0n) is 22.5. The number of amides is 2. The van der Waals surface area contributed by atoms with E-state index in [1.807, 2.05) is 26.0 Å². The molecule has 2 aliphatic rings. The zero-order valence-corrected chi connectivity index (χ0v) is 22.5. The van der Waals surface area contributed by atoms with E-state index in [0.717, 1.165) is 17.5 Å².